The number of Topliss-reactive ketones (excluding diaryl/α,β-unsaturated/α-hetero) is 1. The zero-order valence-electron chi connectivity index (χ0n) is 15.9. The van der Waals surface area contributed by atoms with Crippen molar-refractivity contribution in [2.45, 2.75) is 44.2 Å². The molecule has 0 spiro atoms. The first kappa shape index (κ1) is 19.4. The van der Waals surface area contributed by atoms with E-state index in [4.69, 9.17) is 4.74 Å². The minimum Gasteiger partial charge on any atom is -0.491 e. The summed E-state index contributed by atoms with van der Waals surface area (Å²) >= 11 is 3.35. The normalized spacial score (nSPS) is 14.2. The minimum absolute atomic E-state index is 0.0226. The van der Waals surface area contributed by atoms with Gasteiger partial charge in [-0.1, -0.05) is 0 Å². The van der Waals surface area contributed by atoms with E-state index >= 15 is 0 Å². The highest BCUT2D eigenvalue weighted by molar-refractivity contribution is 7.99. The Morgan fingerprint density at radius 2 is 2.07 bits per heavy atom. The van der Waals surface area contributed by atoms with Gasteiger partial charge in [-0.25, -0.2) is 9.97 Å². The fraction of sp³-hybridized carbons (Fsp3) is 0.381. The zero-order chi connectivity index (χ0) is 19.7. The van der Waals surface area contributed by atoms with Gasteiger partial charge in [0.25, 0.3) is 0 Å². The number of aliphatic hydroxyl groups is 1. The smallest absolute Gasteiger partial charge is 0.159 e. The Kier molecular flexibility index (Phi) is 5.66. The van der Waals surface area contributed by atoms with Gasteiger partial charge in [-0.2, -0.15) is 0 Å². The van der Waals surface area contributed by atoms with Crippen molar-refractivity contribution >= 4 is 39.1 Å². The molecule has 0 radical (unpaired) electrons. The average Bonchev–Trinajstić information content (AvgIpc) is 3.25. The molecule has 0 aliphatic heterocycles. The Balaban J connectivity index is 1.39. The van der Waals surface area contributed by atoms with Crippen LogP contribution in [0.25, 0.3) is 10.2 Å². The number of thiophene rings is 1. The summed E-state index contributed by atoms with van der Waals surface area (Å²) in [7, 11) is 0. The summed E-state index contributed by atoms with van der Waals surface area (Å²) in [4.78, 5) is 23.1. The SMILES string of the molecule is CC(=O)c1ccc(OC[C@@H](O)CSc2nc(C)nc3sc4c(c23)CCC4)cc1. The Morgan fingerprint density at radius 3 is 2.82 bits per heavy atom. The molecule has 1 aromatic carbocycles. The van der Waals surface area contributed by atoms with Crippen molar-refractivity contribution in [1.82, 2.24) is 9.97 Å². The van der Waals surface area contributed by atoms with E-state index in [-0.39, 0.29) is 12.4 Å². The van der Waals surface area contributed by atoms with Gasteiger partial charge in [0.05, 0.1) is 6.10 Å². The molecule has 7 heteroatoms. The molecule has 5 nitrogen and oxygen atoms in total. The highest BCUT2D eigenvalue weighted by Gasteiger charge is 2.22. The Bertz CT molecular complexity index is 1010. The zero-order valence-corrected chi connectivity index (χ0v) is 17.5. The number of aromatic nitrogens is 2. The summed E-state index contributed by atoms with van der Waals surface area (Å²) in [6, 6.07) is 6.97. The van der Waals surface area contributed by atoms with Crippen molar-refractivity contribution in [3.63, 3.8) is 0 Å². The molecule has 28 heavy (non-hydrogen) atoms. The first-order chi connectivity index (χ1) is 13.5. The van der Waals surface area contributed by atoms with Crippen LogP contribution >= 0.6 is 23.1 Å². The van der Waals surface area contributed by atoms with Gasteiger partial charge in [-0.3, -0.25) is 4.79 Å². The maximum absolute atomic E-state index is 11.3. The van der Waals surface area contributed by atoms with Crippen LogP contribution in [0.4, 0.5) is 0 Å². The van der Waals surface area contributed by atoms with Crippen molar-refractivity contribution in [3.05, 3.63) is 46.1 Å². The average molecular weight is 415 g/mol. The molecule has 1 atom stereocenters. The standard InChI is InChI=1S/C21H22N2O3S2/c1-12(24)14-6-8-16(9-7-14)26-10-15(25)11-27-20-19-17-4-3-5-18(17)28-21(19)23-13(2)22-20/h6-9,15,25H,3-5,10-11H2,1-2H3/t15-/m1/s1. The number of carbonyl (C=O) groups is 1. The molecule has 0 saturated carbocycles. The molecule has 1 aliphatic rings. The van der Waals surface area contributed by atoms with E-state index in [2.05, 4.69) is 9.97 Å². The summed E-state index contributed by atoms with van der Waals surface area (Å²) in [6.45, 7) is 3.64. The Labute approximate surface area is 172 Å². The van der Waals surface area contributed by atoms with Crippen molar-refractivity contribution in [3.8, 4) is 5.75 Å². The number of carbonyl (C=O) groups excluding carboxylic acids is 1. The Morgan fingerprint density at radius 1 is 1.29 bits per heavy atom. The fourth-order valence-corrected chi connectivity index (χ4v) is 5.75. The van der Waals surface area contributed by atoms with Crippen LogP contribution in [-0.2, 0) is 12.8 Å². The lowest BCUT2D eigenvalue weighted by molar-refractivity contribution is 0.101. The van der Waals surface area contributed by atoms with Crippen molar-refractivity contribution < 1.29 is 14.6 Å². The van der Waals surface area contributed by atoms with Crippen LogP contribution in [-0.4, -0.2) is 39.3 Å². The maximum Gasteiger partial charge on any atom is 0.159 e. The molecular formula is C21H22N2O3S2. The lowest BCUT2D eigenvalue weighted by atomic mass is 10.1. The molecule has 0 amide bonds. The predicted octanol–water partition coefficient (Wildman–Crippen LogP) is 4.22. The molecule has 4 rings (SSSR count). The molecular weight excluding hydrogens is 392 g/mol. The Hall–Kier alpha value is -1.96. The summed E-state index contributed by atoms with van der Waals surface area (Å²) in [5, 5.41) is 12.5. The summed E-state index contributed by atoms with van der Waals surface area (Å²) in [6.07, 6.45) is 2.82. The largest absolute Gasteiger partial charge is 0.491 e. The van der Waals surface area contributed by atoms with Crippen LogP contribution in [0.15, 0.2) is 29.3 Å². The molecule has 3 aromatic rings. The van der Waals surface area contributed by atoms with Crippen molar-refractivity contribution in [2.75, 3.05) is 12.4 Å². The molecule has 0 bridgehead atoms. The van der Waals surface area contributed by atoms with Gasteiger partial charge in [0.2, 0.25) is 0 Å². The molecule has 1 N–H and O–H groups in total. The van der Waals surface area contributed by atoms with Crippen LogP contribution in [0.2, 0.25) is 0 Å². The molecule has 2 aromatic heterocycles. The van der Waals surface area contributed by atoms with Gasteiger partial charge < -0.3 is 9.84 Å². The van der Waals surface area contributed by atoms with Crippen LogP contribution in [0, 0.1) is 6.92 Å². The van der Waals surface area contributed by atoms with Gasteiger partial charge in [0, 0.05) is 21.6 Å². The van der Waals surface area contributed by atoms with E-state index in [0.29, 0.717) is 17.1 Å². The summed E-state index contributed by atoms with van der Waals surface area (Å²) < 4.78 is 5.66. The van der Waals surface area contributed by atoms with Gasteiger partial charge in [-0.15, -0.1) is 23.1 Å². The third-order valence-corrected chi connectivity index (χ3v) is 7.06. The molecule has 146 valence electrons. The first-order valence-electron chi connectivity index (χ1n) is 9.35. The number of aliphatic hydroxyl groups excluding tert-OH is 1. The van der Waals surface area contributed by atoms with Gasteiger partial charge in [-0.05, 0) is 62.9 Å². The molecule has 1 aliphatic carbocycles. The number of thioether (sulfide) groups is 1. The third-order valence-electron chi connectivity index (χ3n) is 4.76. The van der Waals surface area contributed by atoms with Crippen molar-refractivity contribution in [1.29, 1.82) is 0 Å². The van der Waals surface area contributed by atoms with E-state index < -0.39 is 6.10 Å². The monoisotopic (exact) mass is 414 g/mol. The first-order valence-corrected chi connectivity index (χ1v) is 11.1. The van der Waals surface area contributed by atoms with Gasteiger partial charge in [0.1, 0.15) is 28.0 Å². The second-order valence-electron chi connectivity index (χ2n) is 6.97. The number of hydrogen-bond acceptors (Lipinski definition) is 7. The summed E-state index contributed by atoms with van der Waals surface area (Å²) in [5.41, 5.74) is 2.05. The second kappa shape index (κ2) is 8.19. The van der Waals surface area contributed by atoms with E-state index in [0.717, 1.165) is 28.5 Å². The van der Waals surface area contributed by atoms with E-state index in [1.54, 1.807) is 47.4 Å². The number of rotatable bonds is 7. The highest BCUT2D eigenvalue weighted by atomic mass is 32.2. The van der Waals surface area contributed by atoms with E-state index in [9.17, 15) is 9.90 Å². The topological polar surface area (TPSA) is 72.3 Å². The number of aryl methyl sites for hydroxylation is 3. The number of ketones is 1. The van der Waals surface area contributed by atoms with Crippen LogP contribution in [0.1, 0.15) is 40.0 Å². The van der Waals surface area contributed by atoms with Crippen LogP contribution < -0.4 is 4.74 Å². The fourth-order valence-electron chi connectivity index (χ4n) is 3.37. The van der Waals surface area contributed by atoms with Crippen LogP contribution in [0.3, 0.4) is 0 Å². The van der Waals surface area contributed by atoms with Gasteiger partial charge >= 0.3 is 0 Å². The predicted molar refractivity (Wildman–Crippen MR) is 113 cm³/mol. The third kappa shape index (κ3) is 4.06. The number of benzene rings is 1. The minimum atomic E-state index is -0.616. The van der Waals surface area contributed by atoms with E-state index in [1.165, 1.54) is 29.2 Å². The molecule has 0 saturated heterocycles. The molecule has 0 fully saturated rings. The number of hydrogen-bond donors (Lipinski definition) is 1. The lowest BCUT2D eigenvalue weighted by Crippen LogP contribution is -2.20. The number of ether oxygens (including phenoxy) is 1. The molecule has 0 unspecified atom stereocenters. The highest BCUT2D eigenvalue weighted by Crippen LogP contribution is 2.40. The van der Waals surface area contributed by atoms with Crippen molar-refractivity contribution in [2.24, 2.45) is 0 Å². The number of nitrogens with zero attached hydrogens (tertiary/aromatic N) is 2. The summed E-state index contributed by atoms with van der Waals surface area (Å²) in [5.74, 6) is 1.94. The second-order valence-corrected chi connectivity index (χ2v) is 9.06. The molecule has 2 heterocycles. The van der Waals surface area contributed by atoms with E-state index in [1.807, 2.05) is 6.92 Å². The lowest BCUT2D eigenvalue weighted by Gasteiger charge is -2.13. The van der Waals surface area contributed by atoms with Gasteiger partial charge in [0.15, 0.2) is 5.78 Å². The quantitative estimate of drug-likeness (QED) is 0.354. The maximum atomic E-state index is 11.3. The number of fused-ring (bicyclic) bond motifs is 3. The van der Waals surface area contributed by atoms with Crippen LogP contribution in [0.5, 0.6) is 5.75 Å².